The second kappa shape index (κ2) is 8.85. The van der Waals surface area contributed by atoms with Gasteiger partial charge in [-0.25, -0.2) is 9.78 Å². The van der Waals surface area contributed by atoms with E-state index in [4.69, 9.17) is 14.3 Å². The molecule has 0 saturated carbocycles. The third kappa shape index (κ3) is 6.13. The molecule has 9 heteroatoms. The van der Waals surface area contributed by atoms with Crippen molar-refractivity contribution in [3.63, 3.8) is 0 Å². The lowest BCUT2D eigenvalue weighted by Gasteiger charge is -2.19. The molecule has 2 aromatic rings. The Morgan fingerprint density at radius 3 is 2.86 bits per heavy atom. The van der Waals surface area contributed by atoms with Crippen LogP contribution in [0, 0.1) is 5.95 Å². The highest BCUT2D eigenvalue weighted by molar-refractivity contribution is 5.89. The van der Waals surface area contributed by atoms with E-state index in [0.717, 1.165) is 0 Å². The van der Waals surface area contributed by atoms with Gasteiger partial charge in [0.2, 0.25) is 5.95 Å². The lowest BCUT2D eigenvalue weighted by Crippen LogP contribution is -2.35. The van der Waals surface area contributed by atoms with Gasteiger partial charge in [0.1, 0.15) is 18.0 Å². The lowest BCUT2D eigenvalue weighted by molar-refractivity contribution is 0.0472. The Balaban J connectivity index is 1.50. The van der Waals surface area contributed by atoms with Crippen molar-refractivity contribution in [1.82, 2.24) is 15.3 Å². The molecule has 0 bridgehead atoms. The van der Waals surface area contributed by atoms with Crippen LogP contribution in [0.1, 0.15) is 27.2 Å². The minimum absolute atomic E-state index is 0.243. The van der Waals surface area contributed by atoms with Crippen molar-refractivity contribution >= 4 is 11.8 Å². The molecule has 0 spiro atoms. The van der Waals surface area contributed by atoms with Crippen LogP contribution >= 0.6 is 0 Å². The van der Waals surface area contributed by atoms with E-state index < -0.39 is 17.6 Å². The average molecular weight is 402 g/mol. The van der Waals surface area contributed by atoms with Crippen molar-refractivity contribution in [1.29, 1.82) is 0 Å². The summed E-state index contributed by atoms with van der Waals surface area (Å²) in [6.07, 6.45) is 4.40. The quantitative estimate of drug-likeness (QED) is 0.745. The van der Waals surface area contributed by atoms with Crippen LogP contribution in [0.5, 0.6) is 5.75 Å². The lowest BCUT2D eigenvalue weighted by atomic mass is 10.1. The highest BCUT2D eigenvalue weighted by atomic mass is 19.1. The van der Waals surface area contributed by atoms with Gasteiger partial charge in [0.25, 0.3) is 0 Å². The van der Waals surface area contributed by atoms with E-state index in [2.05, 4.69) is 20.4 Å². The second-order valence-electron chi connectivity index (χ2n) is 7.50. The predicted octanol–water partition coefficient (Wildman–Crippen LogP) is 3.33. The summed E-state index contributed by atoms with van der Waals surface area (Å²) < 4.78 is 24.1. The number of nitrogens with zero attached hydrogens (tertiary/aromatic N) is 3. The van der Waals surface area contributed by atoms with Crippen LogP contribution in [0.25, 0.3) is 11.1 Å². The number of aromatic nitrogens is 2. The van der Waals surface area contributed by atoms with Gasteiger partial charge in [-0.2, -0.15) is 4.39 Å². The van der Waals surface area contributed by atoms with E-state index in [1.807, 2.05) is 0 Å². The molecule has 1 N–H and O–H groups in total. The van der Waals surface area contributed by atoms with Crippen LogP contribution in [-0.4, -0.2) is 46.6 Å². The van der Waals surface area contributed by atoms with E-state index in [0.29, 0.717) is 29.0 Å². The van der Waals surface area contributed by atoms with Crippen molar-refractivity contribution in [2.24, 2.45) is 5.16 Å². The number of carbonyl (C=O) groups is 1. The van der Waals surface area contributed by atoms with Gasteiger partial charge >= 0.3 is 6.09 Å². The van der Waals surface area contributed by atoms with Crippen LogP contribution in [0.4, 0.5) is 9.18 Å². The highest BCUT2D eigenvalue weighted by Crippen LogP contribution is 2.29. The number of ether oxygens (including phenoxy) is 2. The van der Waals surface area contributed by atoms with E-state index in [9.17, 15) is 9.18 Å². The Hall–Kier alpha value is -3.23. The van der Waals surface area contributed by atoms with Gasteiger partial charge in [0, 0.05) is 36.1 Å². The molecule has 3 rings (SSSR count). The fraction of sp³-hybridized carbons (Fsp3) is 0.400. The fourth-order valence-corrected chi connectivity index (χ4v) is 2.61. The highest BCUT2D eigenvalue weighted by Gasteiger charge is 2.23. The van der Waals surface area contributed by atoms with Crippen molar-refractivity contribution in [3.8, 4) is 16.9 Å². The van der Waals surface area contributed by atoms with Gasteiger partial charge in [-0.15, -0.1) is 0 Å². The molecule has 0 saturated heterocycles. The minimum Gasteiger partial charge on any atom is -0.489 e. The normalized spacial score (nSPS) is 16.0. The van der Waals surface area contributed by atoms with Gasteiger partial charge in [0.15, 0.2) is 6.10 Å². The number of pyridine rings is 2. The number of halogens is 1. The third-order valence-corrected chi connectivity index (χ3v) is 3.87. The van der Waals surface area contributed by atoms with E-state index in [1.54, 1.807) is 45.3 Å². The zero-order valence-electron chi connectivity index (χ0n) is 16.5. The molecule has 1 atom stereocenters. The van der Waals surface area contributed by atoms with Crippen molar-refractivity contribution in [2.75, 3.05) is 13.2 Å². The summed E-state index contributed by atoms with van der Waals surface area (Å²) in [5, 5.41) is 6.64. The molecular formula is C20H23FN4O4. The number of carbonyl (C=O) groups excluding carboxylic acids is 1. The Morgan fingerprint density at radius 2 is 2.14 bits per heavy atom. The Bertz CT molecular complexity index is 881. The number of oxime groups is 1. The zero-order valence-corrected chi connectivity index (χ0v) is 16.5. The number of alkyl carbamates (subject to hydrolysis) is 1. The molecule has 1 aliphatic heterocycles. The molecule has 0 aromatic carbocycles. The van der Waals surface area contributed by atoms with Gasteiger partial charge in [0.05, 0.1) is 12.3 Å². The van der Waals surface area contributed by atoms with Crippen LogP contribution in [0.2, 0.25) is 0 Å². The summed E-state index contributed by atoms with van der Waals surface area (Å²) in [6, 6.07) is 4.62. The third-order valence-electron chi connectivity index (χ3n) is 3.87. The smallest absolute Gasteiger partial charge is 0.407 e. The monoisotopic (exact) mass is 402 g/mol. The molecule has 0 fully saturated rings. The van der Waals surface area contributed by atoms with Crippen LogP contribution < -0.4 is 10.1 Å². The zero-order chi connectivity index (χ0) is 20.9. The van der Waals surface area contributed by atoms with Crippen molar-refractivity contribution < 1.29 is 23.5 Å². The van der Waals surface area contributed by atoms with E-state index in [1.165, 1.54) is 12.3 Å². The predicted molar refractivity (Wildman–Crippen MR) is 104 cm³/mol. The summed E-state index contributed by atoms with van der Waals surface area (Å²) in [7, 11) is 0. The first kappa shape index (κ1) is 20.5. The summed E-state index contributed by atoms with van der Waals surface area (Å²) >= 11 is 0. The Kier molecular flexibility index (Phi) is 6.26. The minimum atomic E-state index is -0.559. The summed E-state index contributed by atoms with van der Waals surface area (Å²) in [5.74, 6) is 0.0291. The Labute approximate surface area is 168 Å². The SMILES string of the molecule is CC(C)(C)OC(=O)NCC1=NOC(COc2ccncc2-c2ccc(F)nc2)C1. The van der Waals surface area contributed by atoms with Crippen LogP contribution in [0.15, 0.2) is 41.9 Å². The van der Waals surface area contributed by atoms with Gasteiger partial charge in [-0.05, 0) is 39.0 Å². The molecule has 154 valence electrons. The standard InChI is InChI=1S/C20H23FN4O4/c1-20(2,3)28-19(26)24-10-14-8-15(29-25-14)12-27-17-6-7-22-11-16(17)13-4-5-18(21)23-9-13/h4-7,9,11,15H,8,10,12H2,1-3H3,(H,24,26). The number of hydrogen-bond acceptors (Lipinski definition) is 7. The van der Waals surface area contributed by atoms with Gasteiger partial charge in [-0.3, -0.25) is 4.98 Å². The van der Waals surface area contributed by atoms with Crippen LogP contribution in [0.3, 0.4) is 0 Å². The topological polar surface area (TPSA) is 94.9 Å². The first-order chi connectivity index (χ1) is 13.8. The molecule has 29 heavy (non-hydrogen) atoms. The largest absolute Gasteiger partial charge is 0.489 e. The molecule has 1 amide bonds. The Morgan fingerprint density at radius 1 is 1.31 bits per heavy atom. The molecule has 2 aromatic heterocycles. The molecule has 8 nitrogen and oxygen atoms in total. The maximum atomic E-state index is 13.1. The number of amides is 1. The number of hydrogen-bond donors (Lipinski definition) is 1. The molecule has 0 aliphatic carbocycles. The van der Waals surface area contributed by atoms with Gasteiger partial charge in [-0.1, -0.05) is 5.16 Å². The molecular weight excluding hydrogens is 379 g/mol. The molecule has 1 aliphatic rings. The summed E-state index contributed by atoms with van der Waals surface area (Å²) in [6.45, 7) is 5.89. The molecule has 0 radical (unpaired) electrons. The first-order valence-electron chi connectivity index (χ1n) is 9.17. The van der Waals surface area contributed by atoms with Crippen molar-refractivity contribution in [2.45, 2.75) is 38.9 Å². The summed E-state index contributed by atoms with van der Waals surface area (Å²) in [4.78, 5) is 24.8. The average Bonchev–Trinajstić information content (AvgIpc) is 3.12. The van der Waals surface area contributed by atoms with Gasteiger partial charge < -0.3 is 19.6 Å². The second-order valence-corrected chi connectivity index (χ2v) is 7.50. The maximum absolute atomic E-state index is 13.1. The van der Waals surface area contributed by atoms with E-state index in [-0.39, 0.29) is 19.3 Å². The van der Waals surface area contributed by atoms with E-state index >= 15 is 0 Å². The number of rotatable bonds is 6. The molecule has 1 unspecified atom stereocenters. The summed E-state index contributed by atoms with van der Waals surface area (Å²) in [5.41, 5.74) is 1.53. The maximum Gasteiger partial charge on any atom is 0.407 e. The number of nitrogens with one attached hydrogen (secondary N) is 1. The van der Waals surface area contributed by atoms with Crippen molar-refractivity contribution in [3.05, 3.63) is 42.7 Å². The first-order valence-corrected chi connectivity index (χ1v) is 9.17. The fourth-order valence-electron chi connectivity index (χ4n) is 2.61. The van der Waals surface area contributed by atoms with Crippen LogP contribution in [-0.2, 0) is 9.57 Å². The molecule has 3 heterocycles.